The summed E-state index contributed by atoms with van der Waals surface area (Å²) < 4.78 is 5.11. The number of phenolic OH excluding ortho intramolecular Hbond substituents is 1. The Hall–Kier alpha value is -2.49. The van der Waals surface area contributed by atoms with Crippen LogP contribution in [-0.2, 0) is 4.74 Å². The molecule has 0 aromatic heterocycles. The van der Waals surface area contributed by atoms with Crippen molar-refractivity contribution in [3.05, 3.63) is 65.7 Å². The van der Waals surface area contributed by atoms with Gasteiger partial charge in [-0.15, -0.1) is 0 Å². The third-order valence-corrected chi connectivity index (χ3v) is 2.51. The fourth-order valence-corrected chi connectivity index (χ4v) is 1.76. The summed E-state index contributed by atoms with van der Waals surface area (Å²) in [4.78, 5) is 11.0. The maximum absolute atomic E-state index is 11.0. The van der Waals surface area contributed by atoms with Crippen LogP contribution in [-0.4, -0.2) is 11.2 Å². The van der Waals surface area contributed by atoms with Gasteiger partial charge < -0.3 is 15.6 Å². The lowest BCUT2D eigenvalue weighted by Gasteiger charge is -2.17. The highest BCUT2D eigenvalue weighted by molar-refractivity contribution is 5.65. The Kier molecular flexibility index (Phi) is 3.48. The van der Waals surface area contributed by atoms with Crippen molar-refractivity contribution in [3.8, 4) is 5.75 Å². The van der Waals surface area contributed by atoms with Crippen molar-refractivity contribution in [3.63, 3.8) is 0 Å². The Labute approximate surface area is 105 Å². The van der Waals surface area contributed by atoms with Crippen LogP contribution in [0.2, 0.25) is 0 Å². The number of phenols is 1. The van der Waals surface area contributed by atoms with Gasteiger partial charge in [0.25, 0.3) is 0 Å². The lowest BCUT2D eigenvalue weighted by atomic mass is 10.0. The van der Waals surface area contributed by atoms with Crippen LogP contribution in [0.1, 0.15) is 17.2 Å². The summed E-state index contributed by atoms with van der Waals surface area (Å²) in [5, 5.41) is 9.47. The Morgan fingerprint density at radius 2 is 1.72 bits per heavy atom. The van der Waals surface area contributed by atoms with Crippen molar-refractivity contribution < 1.29 is 14.6 Å². The Balaban J connectivity index is 2.40. The third kappa shape index (κ3) is 2.79. The Morgan fingerprint density at radius 1 is 1.06 bits per heavy atom. The zero-order chi connectivity index (χ0) is 13.0. The van der Waals surface area contributed by atoms with Gasteiger partial charge in [-0.05, 0) is 17.7 Å². The van der Waals surface area contributed by atoms with E-state index in [1.54, 1.807) is 24.3 Å². The number of amides is 1. The zero-order valence-electron chi connectivity index (χ0n) is 9.61. The van der Waals surface area contributed by atoms with E-state index in [4.69, 9.17) is 10.5 Å². The molecule has 0 heterocycles. The summed E-state index contributed by atoms with van der Waals surface area (Å²) >= 11 is 0. The third-order valence-electron chi connectivity index (χ3n) is 2.51. The monoisotopic (exact) mass is 243 g/mol. The lowest BCUT2D eigenvalue weighted by Crippen LogP contribution is -2.18. The number of aromatic hydroxyl groups is 1. The second kappa shape index (κ2) is 5.23. The largest absolute Gasteiger partial charge is 0.508 e. The van der Waals surface area contributed by atoms with Gasteiger partial charge in [0, 0.05) is 5.56 Å². The highest BCUT2D eigenvalue weighted by atomic mass is 16.6. The molecule has 4 heteroatoms. The predicted octanol–water partition coefficient (Wildman–Crippen LogP) is 2.58. The minimum absolute atomic E-state index is 0.113. The van der Waals surface area contributed by atoms with E-state index in [9.17, 15) is 9.90 Å². The molecule has 0 radical (unpaired) electrons. The number of rotatable bonds is 3. The van der Waals surface area contributed by atoms with Crippen molar-refractivity contribution in [2.75, 3.05) is 0 Å². The SMILES string of the molecule is NC(=O)OC(c1ccccc1)c1cccc(O)c1. The average Bonchev–Trinajstić information content (AvgIpc) is 2.37. The van der Waals surface area contributed by atoms with Crippen molar-refractivity contribution >= 4 is 6.09 Å². The van der Waals surface area contributed by atoms with Crippen LogP contribution < -0.4 is 5.73 Å². The number of carbonyl (C=O) groups is 1. The van der Waals surface area contributed by atoms with Crippen molar-refractivity contribution in [1.29, 1.82) is 0 Å². The first-order valence-corrected chi connectivity index (χ1v) is 5.47. The summed E-state index contributed by atoms with van der Waals surface area (Å²) in [5.74, 6) is 0.113. The normalized spacial score (nSPS) is 11.8. The molecule has 0 saturated heterocycles. The molecule has 1 amide bonds. The minimum atomic E-state index is -0.854. The summed E-state index contributed by atoms with van der Waals surface area (Å²) in [6.45, 7) is 0. The molecule has 4 nitrogen and oxygen atoms in total. The first kappa shape index (κ1) is 12.0. The molecule has 0 spiro atoms. The number of benzene rings is 2. The van der Waals surface area contributed by atoms with Crippen molar-refractivity contribution in [2.24, 2.45) is 5.73 Å². The van der Waals surface area contributed by atoms with Gasteiger partial charge >= 0.3 is 6.09 Å². The fraction of sp³-hybridized carbons (Fsp3) is 0.0714. The lowest BCUT2D eigenvalue weighted by molar-refractivity contribution is 0.126. The topological polar surface area (TPSA) is 72.6 Å². The molecule has 0 aliphatic rings. The molecule has 0 fully saturated rings. The Morgan fingerprint density at radius 3 is 2.33 bits per heavy atom. The van der Waals surface area contributed by atoms with E-state index in [2.05, 4.69) is 0 Å². The van der Waals surface area contributed by atoms with Gasteiger partial charge in [0.05, 0.1) is 0 Å². The molecule has 1 unspecified atom stereocenters. The van der Waals surface area contributed by atoms with Crippen LogP contribution in [0, 0.1) is 0 Å². The number of hydrogen-bond acceptors (Lipinski definition) is 3. The number of hydrogen-bond donors (Lipinski definition) is 2. The van der Waals surface area contributed by atoms with E-state index in [0.717, 1.165) is 5.56 Å². The highest BCUT2D eigenvalue weighted by Crippen LogP contribution is 2.27. The van der Waals surface area contributed by atoms with E-state index >= 15 is 0 Å². The molecule has 3 N–H and O–H groups in total. The standard InChI is InChI=1S/C14H13NO3/c15-14(17)18-13(10-5-2-1-3-6-10)11-7-4-8-12(16)9-11/h1-9,13,16H,(H2,15,17). The molecule has 2 rings (SSSR count). The molecule has 2 aromatic carbocycles. The molecule has 0 saturated carbocycles. The van der Waals surface area contributed by atoms with Crippen molar-refractivity contribution in [2.45, 2.75) is 6.10 Å². The number of nitrogens with two attached hydrogens (primary N) is 1. The molecule has 18 heavy (non-hydrogen) atoms. The summed E-state index contributed by atoms with van der Waals surface area (Å²) in [6, 6.07) is 15.8. The second-order valence-electron chi connectivity index (χ2n) is 3.82. The van der Waals surface area contributed by atoms with Gasteiger partial charge in [0.15, 0.2) is 6.10 Å². The smallest absolute Gasteiger partial charge is 0.405 e. The van der Waals surface area contributed by atoms with E-state index in [-0.39, 0.29) is 5.75 Å². The molecule has 0 aliphatic carbocycles. The van der Waals surface area contributed by atoms with Gasteiger partial charge in [0.1, 0.15) is 5.75 Å². The van der Waals surface area contributed by atoms with Crippen LogP contribution >= 0.6 is 0 Å². The predicted molar refractivity (Wildman–Crippen MR) is 67.1 cm³/mol. The number of ether oxygens (including phenoxy) is 1. The molecular formula is C14H13NO3. The van der Waals surface area contributed by atoms with Crippen molar-refractivity contribution in [1.82, 2.24) is 0 Å². The van der Waals surface area contributed by atoms with E-state index in [1.807, 2.05) is 30.3 Å². The van der Waals surface area contributed by atoms with E-state index < -0.39 is 12.2 Å². The first-order chi connectivity index (χ1) is 8.66. The van der Waals surface area contributed by atoms with Gasteiger partial charge in [0.2, 0.25) is 0 Å². The molecule has 1 atom stereocenters. The number of primary amides is 1. The van der Waals surface area contributed by atoms with Gasteiger partial charge in [-0.2, -0.15) is 0 Å². The van der Waals surface area contributed by atoms with Crippen LogP contribution in [0.15, 0.2) is 54.6 Å². The minimum Gasteiger partial charge on any atom is -0.508 e. The zero-order valence-corrected chi connectivity index (χ0v) is 9.61. The summed E-state index contributed by atoms with van der Waals surface area (Å²) in [5.41, 5.74) is 6.54. The molecule has 0 bridgehead atoms. The van der Waals surface area contributed by atoms with Crippen LogP contribution in [0.3, 0.4) is 0 Å². The molecular weight excluding hydrogens is 230 g/mol. The molecule has 2 aromatic rings. The maximum atomic E-state index is 11.0. The van der Waals surface area contributed by atoms with Crippen LogP contribution in [0.25, 0.3) is 0 Å². The van der Waals surface area contributed by atoms with Crippen LogP contribution in [0.5, 0.6) is 5.75 Å². The molecule has 0 aliphatic heterocycles. The Bertz CT molecular complexity index is 540. The fourth-order valence-electron chi connectivity index (χ4n) is 1.76. The van der Waals surface area contributed by atoms with Gasteiger partial charge in [-0.1, -0.05) is 42.5 Å². The second-order valence-corrected chi connectivity index (χ2v) is 3.82. The van der Waals surface area contributed by atoms with E-state index in [1.165, 1.54) is 0 Å². The highest BCUT2D eigenvalue weighted by Gasteiger charge is 2.17. The summed E-state index contributed by atoms with van der Waals surface area (Å²) in [6.07, 6.45) is -1.47. The quantitative estimate of drug-likeness (QED) is 0.870. The summed E-state index contributed by atoms with van der Waals surface area (Å²) in [7, 11) is 0. The first-order valence-electron chi connectivity index (χ1n) is 5.47. The van der Waals surface area contributed by atoms with E-state index in [0.29, 0.717) is 5.56 Å². The van der Waals surface area contributed by atoms with Crippen LogP contribution in [0.4, 0.5) is 4.79 Å². The van der Waals surface area contributed by atoms with Gasteiger partial charge in [-0.25, -0.2) is 4.79 Å². The maximum Gasteiger partial charge on any atom is 0.405 e. The molecule has 92 valence electrons. The average molecular weight is 243 g/mol. The number of carbonyl (C=O) groups excluding carboxylic acids is 1. The van der Waals surface area contributed by atoms with Gasteiger partial charge in [-0.3, -0.25) is 0 Å².